The van der Waals surface area contributed by atoms with Crippen LogP contribution >= 0.6 is 0 Å². The average Bonchev–Trinajstić information content (AvgIpc) is 2.82. The minimum atomic E-state index is -0.731. The molecule has 2 rings (SSSR count). The Morgan fingerprint density at radius 2 is 2.11 bits per heavy atom. The number of hydrogen-bond acceptors (Lipinski definition) is 3. The molecular weight excluding hydrogens is 232 g/mol. The minimum absolute atomic E-state index is 0.211. The number of amides is 3. The number of imide groups is 1. The van der Waals surface area contributed by atoms with E-state index in [1.807, 2.05) is 24.6 Å². The van der Waals surface area contributed by atoms with Crippen molar-refractivity contribution in [3.63, 3.8) is 0 Å². The summed E-state index contributed by atoms with van der Waals surface area (Å²) < 4.78 is 1.96. The van der Waals surface area contributed by atoms with E-state index >= 15 is 0 Å². The molecule has 3 amide bonds. The molecule has 6 heteroatoms. The molecule has 98 valence electrons. The number of nitrogens with one attached hydrogen (secondary N) is 1. The lowest BCUT2D eigenvalue weighted by Gasteiger charge is -2.30. The van der Waals surface area contributed by atoms with Crippen LogP contribution in [-0.2, 0) is 11.3 Å². The topological polar surface area (TPSA) is 67.2 Å². The van der Waals surface area contributed by atoms with Gasteiger partial charge in [0.05, 0.1) is 0 Å². The molecule has 0 spiro atoms. The highest BCUT2D eigenvalue weighted by Gasteiger charge is 2.47. The van der Waals surface area contributed by atoms with Gasteiger partial charge in [-0.25, -0.2) is 9.78 Å². The summed E-state index contributed by atoms with van der Waals surface area (Å²) in [6.07, 6.45) is 4.20. The summed E-state index contributed by atoms with van der Waals surface area (Å²) in [5.41, 5.74) is -0.731. The fraction of sp³-hybridized carbons (Fsp3) is 0.583. The first-order chi connectivity index (χ1) is 8.49. The SMILES string of the molecule is CCC1(C)C(=O)NC(=O)N1CCn1ccnc1C. The molecule has 2 heterocycles. The minimum Gasteiger partial charge on any atom is -0.333 e. The summed E-state index contributed by atoms with van der Waals surface area (Å²) in [7, 11) is 0. The summed E-state index contributed by atoms with van der Waals surface area (Å²) in [6.45, 7) is 6.76. The zero-order chi connectivity index (χ0) is 13.3. The van der Waals surface area contributed by atoms with Crippen LogP contribution < -0.4 is 5.32 Å². The molecule has 1 saturated heterocycles. The van der Waals surface area contributed by atoms with Gasteiger partial charge in [-0.3, -0.25) is 10.1 Å². The van der Waals surface area contributed by atoms with Gasteiger partial charge in [-0.2, -0.15) is 0 Å². The van der Waals surface area contributed by atoms with E-state index in [1.165, 1.54) is 0 Å². The van der Waals surface area contributed by atoms with Crippen molar-refractivity contribution in [1.29, 1.82) is 0 Å². The maximum absolute atomic E-state index is 11.8. The van der Waals surface area contributed by atoms with Gasteiger partial charge in [-0.1, -0.05) is 6.92 Å². The number of carbonyl (C=O) groups is 2. The third-order valence-corrected chi connectivity index (χ3v) is 3.73. The van der Waals surface area contributed by atoms with Gasteiger partial charge in [0.2, 0.25) is 0 Å². The summed E-state index contributed by atoms with van der Waals surface area (Å²) in [6, 6.07) is -0.304. The molecule has 1 N–H and O–H groups in total. The Balaban J connectivity index is 2.10. The number of rotatable bonds is 4. The zero-order valence-corrected chi connectivity index (χ0v) is 10.9. The van der Waals surface area contributed by atoms with Gasteiger partial charge in [-0.05, 0) is 20.3 Å². The molecule has 1 fully saturated rings. The standard InChI is InChI=1S/C12H18N4O2/c1-4-12(3)10(17)14-11(18)16(12)8-7-15-6-5-13-9(15)2/h5-6H,4,7-8H2,1-3H3,(H,14,17,18). The van der Waals surface area contributed by atoms with Crippen molar-refractivity contribution in [3.05, 3.63) is 18.2 Å². The van der Waals surface area contributed by atoms with Gasteiger partial charge in [0, 0.05) is 25.5 Å². The molecule has 1 aliphatic rings. The van der Waals surface area contributed by atoms with E-state index in [0.717, 1.165) is 5.82 Å². The van der Waals surface area contributed by atoms with Crippen LogP contribution in [0.25, 0.3) is 0 Å². The number of aromatic nitrogens is 2. The number of aryl methyl sites for hydroxylation is 1. The van der Waals surface area contributed by atoms with E-state index < -0.39 is 5.54 Å². The van der Waals surface area contributed by atoms with Crippen molar-refractivity contribution >= 4 is 11.9 Å². The van der Waals surface area contributed by atoms with Crippen molar-refractivity contribution in [2.24, 2.45) is 0 Å². The molecule has 1 aliphatic heterocycles. The predicted octanol–water partition coefficient (Wildman–Crippen LogP) is 0.912. The summed E-state index contributed by atoms with van der Waals surface area (Å²) in [5, 5.41) is 2.38. The smallest absolute Gasteiger partial charge is 0.325 e. The second-order valence-electron chi connectivity index (χ2n) is 4.71. The molecule has 0 aliphatic carbocycles. The maximum Gasteiger partial charge on any atom is 0.325 e. The molecule has 0 aromatic carbocycles. The summed E-state index contributed by atoms with van der Waals surface area (Å²) >= 11 is 0. The van der Waals surface area contributed by atoms with Crippen LogP contribution in [0.1, 0.15) is 26.1 Å². The highest BCUT2D eigenvalue weighted by atomic mass is 16.2. The second kappa shape index (κ2) is 4.44. The molecule has 0 bridgehead atoms. The van der Waals surface area contributed by atoms with Crippen LogP contribution in [0.15, 0.2) is 12.4 Å². The normalized spacial score (nSPS) is 23.6. The monoisotopic (exact) mass is 250 g/mol. The highest BCUT2D eigenvalue weighted by molar-refractivity contribution is 6.06. The Labute approximate surface area is 106 Å². The van der Waals surface area contributed by atoms with E-state index in [0.29, 0.717) is 19.5 Å². The van der Waals surface area contributed by atoms with Crippen molar-refractivity contribution in [2.75, 3.05) is 6.54 Å². The fourth-order valence-corrected chi connectivity index (χ4v) is 2.19. The molecule has 18 heavy (non-hydrogen) atoms. The Morgan fingerprint density at radius 3 is 2.67 bits per heavy atom. The quantitative estimate of drug-likeness (QED) is 0.808. The van der Waals surface area contributed by atoms with Gasteiger partial charge in [0.1, 0.15) is 11.4 Å². The first-order valence-electron chi connectivity index (χ1n) is 6.10. The van der Waals surface area contributed by atoms with Gasteiger partial charge >= 0.3 is 6.03 Å². The molecular formula is C12H18N4O2. The molecule has 6 nitrogen and oxygen atoms in total. The van der Waals surface area contributed by atoms with E-state index in [2.05, 4.69) is 10.3 Å². The van der Waals surface area contributed by atoms with Crippen molar-refractivity contribution in [1.82, 2.24) is 19.8 Å². The molecule has 1 aromatic heterocycles. The number of imidazole rings is 1. The van der Waals surface area contributed by atoms with Crippen LogP contribution in [0.3, 0.4) is 0 Å². The number of hydrogen-bond donors (Lipinski definition) is 1. The van der Waals surface area contributed by atoms with Crippen LogP contribution in [0, 0.1) is 6.92 Å². The van der Waals surface area contributed by atoms with Gasteiger partial charge < -0.3 is 9.47 Å². The van der Waals surface area contributed by atoms with Crippen LogP contribution in [0.2, 0.25) is 0 Å². The number of urea groups is 1. The van der Waals surface area contributed by atoms with Crippen molar-refractivity contribution in [2.45, 2.75) is 39.3 Å². The fourth-order valence-electron chi connectivity index (χ4n) is 2.19. The van der Waals surface area contributed by atoms with Crippen molar-refractivity contribution in [3.8, 4) is 0 Å². The number of nitrogens with zero attached hydrogens (tertiary/aromatic N) is 3. The molecule has 1 unspecified atom stereocenters. The first-order valence-corrected chi connectivity index (χ1v) is 6.10. The van der Waals surface area contributed by atoms with E-state index in [9.17, 15) is 9.59 Å². The lowest BCUT2D eigenvalue weighted by molar-refractivity contribution is -0.126. The van der Waals surface area contributed by atoms with Gasteiger partial charge in [-0.15, -0.1) is 0 Å². The van der Waals surface area contributed by atoms with E-state index in [4.69, 9.17) is 0 Å². The zero-order valence-electron chi connectivity index (χ0n) is 10.9. The average molecular weight is 250 g/mol. The van der Waals surface area contributed by atoms with Crippen LogP contribution in [-0.4, -0.2) is 38.5 Å². The largest absolute Gasteiger partial charge is 0.333 e. The lowest BCUT2D eigenvalue weighted by atomic mass is 9.97. The van der Waals surface area contributed by atoms with E-state index in [-0.39, 0.29) is 11.9 Å². The lowest BCUT2D eigenvalue weighted by Crippen LogP contribution is -2.47. The Hall–Kier alpha value is -1.85. The van der Waals surface area contributed by atoms with E-state index in [1.54, 1.807) is 18.0 Å². The molecule has 1 aromatic rings. The first kappa shape index (κ1) is 12.6. The molecule has 0 saturated carbocycles. The van der Waals surface area contributed by atoms with Crippen LogP contribution in [0.5, 0.6) is 0 Å². The van der Waals surface area contributed by atoms with Gasteiger partial charge in [0.25, 0.3) is 5.91 Å². The Morgan fingerprint density at radius 1 is 1.39 bits per heavy atom. The third kappa shape index (κ3) is 1.87. The van der Waals surface area contributed by atoms with Gasteiger partial charge in [0.15, 0.2) is 0 Å². The number of carbonyl (C=O) groups excluding carboxylic acids is 2. The molecule has 0 radical (unpaired) electrons. The second-order valence-corrected chi connectivity index (χ2v) is 4.71. The third-order valence-electron chi connectivity index (χ3n) is 3.73. The Kier molecular flexibility index (Phi) is 3.11. The Bertz CT molecular complexity index is 482. The maximum atomic E-state index is 11.8. The molecule has 1 atom stereocenters. The summed E-state index contributed by atoms with van der Waals surface area (Å²) in [4.78, 5) is 29.3. The van der Waals surface area contributed by atoms with Crippen LogP contribution in [0.4, 0.5) is 4.79 Å². The highest BCUT2D eigenvalue weighted by Crippen LogP contribution is 2.24. The van der Waals surface area contributed by atoms with Crippen molar-refractivity contribution < 1.29 is 9.59 Å². The predicted molar refractivity (Wildman–Crippen MR) is 65.9 cm³/mol. The summed E-state index contributed by atoms with van der Waals surface area (Å²) in [5.74, 6) is 0.691.